The third-order valence-corrected chi connectivity index (χ3v) is 7.77. The summed E-state index contributed by atoms with van der Waals surface area (Å²) in [5, 5.41) is 6.96. The number of carbonyl (C=O) groups excluding carboxylic acids is 1. The molecule has 1 aliphatic rings. The van der Waals surface area contributed by atoms with Crippen LogP contribution in [-0.4, -0.2) is 23.1 Å². The lowest BCUT2D eigenvalue weighted by atomic mass is 9.95. The first kappa shape index (κ1) is 27.9. The van der Waals surface area contributed by atoms with Gasteiger partial charge in [-0.05, 0) is 73.2 Å². The Morgan fingerprint density at radius 1 is 1.12 bits per heavy atom. The Labute approximate surface area is 248 Å². The predicted octanol–water partition coefficient (Wildman–Crippen LogP) is 7.58. The van der Waals surface area contributed by atoms with Crippen LogP contribution in [0.2, 0.25) is 0 Å². The number of thiocarbonyl (C=S) groups is 1. The first-order valence-electron chi connectivity index (χ1n) is 12.9. The lowest BCUT2D eigenvalue weighted by Gasteiger charge is -2.27. The van der Waals surface area contributed by atoms with Crippen molar-refractivity contribution < 1.29 is 13.9 Å². The van der Waals surface area contributed by atoms with Crippen LogP contribution in [0.3, 0.4) is 0 Å². The molecule has 0 radical (unpaired) electrons. The van der Waals surface area contributed by atoms with Crippen molar-refractivity contribution in [3.63, 3.8) is 0 Å². The summed E-state index contributed by atoms with van der Waals surface area (Å²) in [5.41, 5.74) is 3.80. The van der Waals surface area contributed by atoms with Gasteiger partial charge in [0.2, 0.25) is 5.91 Å². The van der Waals surface area contributed by atoms with Crippen LogP contribution >= 0.6 is 28.1 Å². The van der Waals surface area contributed by atoms with E-state index in [2.05, 4.69) is 50.6 Å². The number of methoxy groups -OCH3 is 1. The number of rotatable bonds is 6. The maximum absolute atomic E-state index is 12.7. The number of aromatic nitrogens is 1. The molecule has 9 heteroatoms. The fraction of sp³-hybridized carbons (Fsp3) is 0.258. The second-order valence-corrected chi connectivity index (χ2v) is 12.0. The lowest BCUT2D eigenvalue weighted by molar-refractivity contribution is -0.123. The number of benzene rings is 2. The number of amides is 1. The Balaban J connectivity index is 1.57. The molecule has 206 valence electrons. The maximum Gasteiger partial charge on any atom is 0.229 e. The number of pyridine rings is 1. The molecule has 0 aliphatic carbocycles. The molecule has 4 aromatic rings. The molecule has 5 rings (SSSR count). The van der Waals surface area contributed by atoms with Crippen LogP contribution in [0.5, 0.6) is 5.75 Å². The molecule has 0 bridgehead atoms. The summed E-state index contributed by atoms with van der Waals surface area (Å²) >= 11 is 9.55. The quantitative estimate of drug-likeness (QED) is 0.216. The van der Waals surface area contributed by atoms with E-state index in [0.717, 1.165) is 38.5 Å². The molecule has 0 unspecified atom stereocenters. The van der Waals surface area contributed by atoms with Crippen molar-refractivity contribution in [1.82, 2.24) is 10.3 Å². The average molecular weight is 620 g/mol. The summed E-state index contributed by atoms with van der Waals surface area (Å²) in [7, 11) is 1.58. The van der Waals surface area contributed by atoms with Crippen LogP contribution in [0.1, 0.15) is 49.9 Å². The minimum Gasteiger partial charge on any atom is -0.494 e. The number of carbonyl (C=O) groups is 1. The lowest BCUT2D eigenvalue weighted by Crippen LogP contribution is -2.30. The highest BCUT2D eigenvalue weighted by atomic mass is 79.9. The molecule has 2 aromatic heterocycles. The second-order valence-electron chi connectivity index (χ2n) is 10.8. The maximum atomic E-state index is 12.7. The molecular formula is C31H31BrN4O3S. The zero-order valence-electron chi connectivity index (χ0n) is 23.0. The van der Waals surface area contributed by atoms with Crippen LogP contribution in [-0.2, 0) is 4.79 Å². The van der Waals surface area contributed by atoms with Crippen molar-refractivity contribution in [2.45, 2.75) is 39.8 Å². The standard InChI is InChI=1S/C31H31BrN4O3S/c1-18-9-11-20(21(32)16-18)24-13-14-25(39-24)28-27(23-8-6-7-15-33-23)35-30(40)36(28)19-10-12-22(26(17-19)38-5)34-29(37)31(2,3)4/h6-17,27-28H,1-5H3,(H,34,37)(H,35,40)/t27-,28+/m0/s1. The van der Waals surface area contributed by atoms with Gasteiger partial charge in [-0.2, -0.15) is 0 Å². The van der Waals surface area contributed by atoms with Crippen molar-refractivity contribution in [2.24, 2.45) is 5.41 Å². The number of anilines is 2. The molecule has 2 N–H and O–H groups in total. The van der Waals surface area contributed by atoms with Gasteiger partial charge in [-0.15, -0.1) is 0 Å². The summed E-state index contributed by atoms with van der Waals surface area (Å²) in [6.45, 7) is 7.66. The highest BCUT2D eigenvalue weighted by Crippen LogP contribution is 2.45. The number of furan rings is 1. The van der Waals surface area contributed by atoms with Gasteiger partial charge in [0.1, 0.15) is 23.3 Å². The van der Waals surface area contributed by atoms with Crippen LogP contribution < -0.4 is 20.3 Å². The van der Waals surface area contributed by atoms with Crippen molar-refractivity contribution in [3.8, 4) is 17.1 Å². The Hall–Kier alpha value is -3.69. The molecule has 1 amide bonds. The van der Waals surface area contributed by atoms with Gasteiger partial charge in [0.15, 0.2) is 5.11 Å². The predicted molar refractivity (Wildman–Crippen MR) is 166 cm³/mol. The molecule has 1 aliphatic heterocycles. The fourth-order valence-corrected chi connectivity index (χ4v) is 5.68. The van der Waals surface area contributed by atoms with Gasteiger partial charge in [0.05, 0.1) is 24.5 Å². The third kappa shape index (κ3) is 5.48. The summed E-state index contributed by atoms with van der Waals surface area (Å²) < 4.78 is 13.2. The van der Waals surface area contributed by atoms with Crippen molar-refractivity contribution in [2.75, 3.05) is 17.3 Å². The number of hydrogen-bond acceptors (Lipinski definition) is 5. The second kappa shape index (κ2) is 11.1. The monoisotopic (exact) mass is 618 g/mol. The number of aryl methyl sites for hydroxylation is 1. The van der Waals surface area contributed by atoms with Crippen LogP contribution in [0.15, 0.2) is 81.8 Å². The van der Waals surface area contributed by atoms with Gasteiger partial charge < -0.3 is 24.7 Å². The molecule has 1 fully saturated rings. The van der Waals surface area contributed by atoms with E-state index in [1.165, 1.54) is 0 Å². The number of nitrogens with one attached hydrogen (secondary N) is 2. The van der Waals surface area contributed by atoms with Crippen molar-refractivity contribution >= 4 is 50.5 Å². The van der Waals surface area contributed by atoms with E-state index in [-0.39, 0.29) is 18.0 Å². The van der Waals surface area contributed by atoms with Crippen LogP contribution in [0.25, 0.3) is 11.3 Å². The third-order valence-electron chi connectivity index (χ3n) is 6.80. The van der Waals surface area contributed by atoms with E-state index in [9.17, 15) is 4.79 Å². The van der Waals surface area contributed by atoms with E-state index in [1.807, 2.05) is 80.3 Å². The van der Waals surface area contributed by atoms with Crippen molar-refractivity contribution in [3.05, 3.63) is 94.4 Å². The fourth-order valence-electron chi connectivity index (χ4n) is 4.64. The van der Waals surface area contributed by atoms with E-state index in [1.54, 1.807) is 13.3 Å². The molecule has 3 heterocycles. The number of ether oxygens (including phenoxy) is 1. The smallest absolute Gasteiger partial charge is 0.229 e. The Morgan fingerprint density at radius 2 is 1.93 bits per heavy atom. The molecule has 40 heavy (non-hydrogen) atoms. The van der Waals surface area contributed by atoms with Crippen LogP contribution in [0.4, 0.5) is 11.4 Å². The first-order valence-corrected chi connectivity index (χ1v) is 14.1. The van der Waals surface area contributed by atoms with Gasteiger partial charge in [-0.3, -0.25) is 9.78 Å². The molecule has 2 aromatic carbocycles. The summed E-state index contributed by atoms with van der Waals surface area (Å²) in [4.78, 5) is 19.3. The summed E-state index contributed by atoms with van der Waals surface area (Å²) in [6, 6.07) is 21.0. The number of nitrogens with zero attached hydrogens (tertiary/aromatic N) is 2. The topological polar surface area (TPSA) is 79.6 Å². The van der Waals surface area contributed by atoms with Gasteiger partial charge >= 0.3 is 0 Å². The molecule has 7 nitrogen and oxygen atoms in total. The van der Waals surface area contributed by atoms with Gasteiger partial charge in [-0.25, -0.2) is 0 Å². The Kier molecular flexibility index (Phi) is 7.70. The van der Waals surface area contributed by atoms with Crippen molar-refractivity contribution in [1.29, 1.82) is 0 Å². The first-order chi connectivity index (χ1) is 19.1. The zero-order chi connectivity index (χ0) is 28.6. The van der Waals surface area contributed by atoms with E-state index in [0.29, 0.717) is 16.5 Å². The largest absolute Gasteiger partial charge is 0.494 e. The number of halogens is 1. The highest BCUT2D eigenvalue weighted by molar-refractivity contribution is 9.10. The van der Waals surface area contributed by atoms with E-state index < -0.39 is 5.41 Å². The van der Waals surface area contributed by atoms with E-state index in [4.69, 9.17) is 21.4 Å². The summed E-state index contributed by atoms with van der Waals surface area (Å²) in [6.07, 6.45) is 1.77. The molecule has 0 saturated carbocycles. The summed E-state index contributed by atoms with van der Waals surface area (Å²) in [5.74, 6) is 1.91. The highest BCUT2D eigenvalue weighted by Gasteiger charge is 2.43. The van der Waals surface area contributed by atoms with Gasteiger partial charge in [0, 0.05) is 33.4 Å². The minimum atomic E-state index is -0.547. The molecular weight excluding hydrogens is 588 g/mol. The average Bonchev–Trinajstić information content (AvgIpc) is 3.53. The van der Waals surface area contributed by atoms with E-state index >= 15 is 0 Å². The van der Waals surface area contributed by atoms with Gasteiger partial charge in [-0.1, -0.05) is 48.8 Å². The molecule has 0 spiro atoms. The van der Waals surface area contributed by atoms with Crippen LogP contribution in [0, 0.1) is 12.3 Å². The molecule has 1 saturated heterocycles. The Bertz CT molecular complexity index is 1560. The SMILES string of the molecule is COc1cc(N2C(=S)N[C@@H](c3ccccn3)[C@H]2c2ccc(-c3ccc(C)cc3Br)o2)ccc1NC(=O)C(C)(C)C. The molecule has 2 atom stereocenters. The van der Waals surface area contributed by atoms with Gasteiger partial charge in [0.25, 0.3) is 0 Å². The minimum absolute atomic E-state index is 0.101. The Morgan fingerprint density at radius 3 is 2.60 bits per heavy atom. The normalized spacial score (nSPS) is 17.1. The zero-order valence-corrected chi connectivity index (χ0v) is 25.4. The number of hydrogen-bond donors (Lipinski definition) is 2.